The van der Waals surface area contributed by atoms with E-state index in [9.17, 15) is 4.79 Å². The number of amides is 2. The van der Waals surface area contributed by atoms with Gasteiger partial charge in [-0.3, -0.25) is 4.90 Å². The van der Waals surface area contributed by atoms with Gasteiger partial charge in [0.15, 0.2) is 11.5 Å². The van der Waals surface area contributed by atoms with Crippen LogP contribution < -0.4 is 14.8 Å². The molecule has 0 bridgehead atoms. The Morgan fingerprint density at radius 2 is 1.68 bits per heavy atom. The first-order valence-electron chi connectivity index (χ1n) is 11.9. The number of methoxy groups -OCH3 is 2. The average Bonchev–Trinajstić information content (AvgIpc) is 3.41. The molecule has 8 heteroatoms. The quantitative estimate of drug-likeness (QED) is 0.350. The predicted molar refractivity (Wildman–Crippen MR) is 140 cm³/mol. The van der Waals surface area contributed by atoms with E-state index in [-0.39, 0.29) is 6.03 Å². The number of carbonyl (C=O) groups excluding carboxylic acids is 1. The lowest BCUT2D eigenvalue weighted by Crippen LogP contribution is -2.45. The fraction of sp³-hybridized carbons (Fsp3) is 0.207. The lowest BCUT2D eigenvalue weighted by atomic mass is 9.94. The van der Waals surface area contributed by atoms with E-state index in [1.165, 1.54) is 0 Å². The van der Waals surface area contributed by atoms with Crippen molar-refractivity contribution in [1.82, 2.24) is 20.4 Å². The Morgan fingerprint density at radius 3 is 2.38 bits per heavy atom. The summed E-state index contributed by atoms with van der Waals surface area (Å²) in [5.41, 5.74) is 5.25. The molecule has 0 aliphatic carbocycles. The van der Waals surface area contributed by atoms with Gasteiger partial charge >= 0.3 is 6.03 Å². The molecule has 0 radical (unpaired) electrons. The van der Waals surface area contributed by atoms with Crippen molar-refractivity contribution in [2.24, 2.45) is 0 Å². The van der Waals surface area contributed by atoms with E-state index in [1.807, 2.05) is 86.6 Å². The third kappa shape index (κ3) is 4.78. The van der Waals surface area contributed by atoms with Crippen LogP contribution in [0.2, 0.25) is 0 Å². The molecule has 0 spiro atoms. The van der Waals surface area contributed by atoms with Gasteiger partial charge < -0.3 is 19.3 Å². The van der Waals surface area contributed by atoms with Crippen molar-refractivity contribution in [2.45, 2.75) is 26.4 Å². The highest BCUT2D eigenvalue weighted by atomic mass is 16.5. The predicted octanol–water partition coefficient (Wildman–Crippen LogP) is 5.76. The smallest absolute Gasteiger partial charge is 0.322 e. The minimum Gasteiger partial charge on any atom is -0.493 e. The number of allylic oxidation sites excluding steroid dienone is 1. The van der Waals surface area contributed by atoms with Crippen LogP contribution in [0.5, 0.6) is 11.5 Å². The summed E-state index contributed by atoms with van der Waals surface area (Å²) >= 11 is 0. The van der Waals surface area contributed by atoms with Gasteiger partial charge in [0.2, 0.25) is 5.82 Å². The van der Waals surface area contributed by atoms with Gasteiger partial charge in [-0.25, -0.2) is 4.79 Å². The van der Waals surface area contributed by atoms with Crippen LogP contribution in [-0.4, -0.2) is 35.3 Å². The zero-order valence-corrected chi connectivity index (χ0v) is 21.2. The summed E-state index contributed by atoms with van der Waals surface area (Å²) in [4.78, 5) is 19.8. The van der Waals surface area contributed by atoms with E-state index < -0.39 is 6.04 Å². The van der Waals surface area contributed by atoms with E-state index in [2.05, 4.69) is 10.5 Å². The van der Waals surface area contributed by atoms with Gasteiger partial charge in [0.05, 0.1) is 32.4 Å². The molecule has 2 heterocycles. The molecule has 1 N–H and O–H groups in total. The summed E-state index contributed by atoms with van der Waals surface area (Å²) in [6, 6.07) is 22.6. The molecule has 37 heavy (non-hydrogen) atoms. The van der Waals surface area contributed by atoms with Crippen LogP contribution >= 0.6 is 0 Å². The van der Waals surface area contributed by atoms with Crippen molar-refractivity contribution in [3.8, 4) is 22.9 Å². The number of benzene rings is 3. The molecular formula is C29H28N4O4. The Kier molecular flexibility index (Phi) is 6.64. The van der Waals surface area contributed by atoms with Crippen LogP contribution in [0.3, 0.4) is 0 Å². The Hall–Kier alpha value is -4.59. The highest BCUT2D eigenvalue weighted by molar-refractivity contribution is 5.87. The highest BCUT2D eigenvalue weighted by Crippen LogP contribution is 2.40. The summed E-state index contributed by atoms with van der Waals surface area (Å²) in [6.45, 7) is 4.33. The standard InChI is InChI=1S/C29H28N4O4/c1-18-10-12-21(13-11-18)27-31-28(37-32-27)25-19(2)33(17-20-8-6-5-7-9-20)29(34)30-26(25)22-14-15-23(35-3)24(16-22)36-4/h5-16,26H,17H2,1-4H3,(H,30,34). The number of rotatable bonds is 7. The first-order valence-corrected chi connectivity index (χ1v) is 11.9. The Morgan fingerprint density at radius 1 is 0.946 bits per heavy atom. The third-order valence-corrected chi connectivity index (χ3v) is 6.49. The van der Waals surface area contributed by atoms with Gasteiger partial charge in [0.25, 0.3) is 5.89 Å². The van der Waals surface area contributed by atoms with Gasteiger partial charge in [-0.15, -0.1) is 0 Å². The zero-order chi connectivity index (χ0) is 25.9. The number of aryl methyl sites for hydroxylation is 1. The topological polar surface area (TPSA) is 89.7 Å². The average molecular weight is 497 g/mol. The normalized spacial score (nSPS) is 15.5. The molecule has 0 fully saturated rings. The maximum atomic E-state index is 13.4. The first-order chi connectivity index (χ1) is 18.0. The van der Waals surface area contributed by atoms with Gasteiger partial charge in [-0.1, -0.05) is 71.4 Å². The van der Waals surface area contributed by atoms with Crippen molar-refractivity contribution >= 4 is 11.6 Å². The van der Waals surface area contributed by atoms with E-state index in [0.717, 1.165) is 28.0 Å². The van der Waals surface area contributed by atoms with Crippen LogP contribution in [0.4, 0.5) is 4.79 Å². The Balaban J connectivity index is 1.61. The van der Waals surface area contributed by atoms with Crippen LogP contribution in [0.25, 0.3) is 17.0 Å². The van der Waals surface area contributed by atoms with Crippen molar-refractivity contribution in [2.75, 3.05) is 14.2 Å². The number of urea groups is 1. The van der Waals surface area contributed by atoms with E-state index >= 15 is 0 Å². The Labute approximate surface area is 215 Å². The van der Waals surface area contributed by atoms with Crippen molar-refractivity contribution in [3.63, 3.8) is 0 Å². The number of hydrogen-bond donors (Lipinski definition) is 1. The van der Waals surface area contributed by atoms with E-state index in [4.69, 9.17) is 19.0 Å². The maximum Gasteiger partial charge on any atom is 0.322 e. The number of nitrogens with one attached hydrogen (secondary N) is 1. The molecular weight excluding hydrogens is 468 g/mol. The fourth-order valence-corrected chi connectivity index (χ4v) is 4.45. The fourth-order valence-electron chi connectivity index (χ4n) is 4.45. The minimum absolute atomic E-state index is 0.219. The van der Waals surface area contributed by atoms with E-state index in [1.54, 1.807) is 19.1 Å². The molecule has 1 atom stereocenters. The lowest BCUT2D eigenvalue weighted by Gasteiger charge is -2.35. The van der Waals surface area contributed by atoms with Crippen molar-refractivity contribution < 1.29 is 18.8 Å². The monoisotopic (exact) mass is 496 g/mol. The molecule has 1 aliphatic rings. The largest absolute Gasteiger partial charge is 0.493 e. The number of hydrogen-bond acceptors (Lipinski definition) is 6. The van der Waals surface area contributed by atoms with Crippen LogP contribution in [0, 0.1) is 6.92 Å². The molecule has 0 saturated carbocycles. The van der Waals surface area contributed by atoms with Crippen LogP contribution in [0.15, 0.2) is 83.0 Å². The third-order valence-electron chi connectivity index (χ3n) is 6.49. The molecule has 1 unspecified atom stereocenters. The molecule has 1 aliphatic heterocycles. The molecule has 2 amide bonds. The SMILES string of the molecule is COc1ccc(C2NC(=O)N(Cc3ccccc3)C(C)=C2c2nc(-c3ccc(C)cc3)no2)cc1OC. The van der Waals surface area contributed by atoms with Crippen molar-refractivity contribution in [1.29, 1.82) is 0 Å². The molecule has 1 aromatic heterocycles. The summed E-state index contributed by atoms with van der Waals surface area (Å²) in [6.07, 6.45) is 0. The van der Waals surface area contributed by atoms with Gasteiger partial charge in [0, 0.05) is 11.3 Å². The van der Waals surface area contributed by atoms with Gasteiger partial charge in [-0.2, -0.15) is 4.98 Å². The number of carbonyl (C=O) groups is 1. The maximum absolute atomic E-state index is 13.4. The van der Waals surface area contributed by atoms with Crippen LogP contribution in [0.1, 0.15) is 35.5 Å². The highest BCUT2D eigenvalue weighted by Gasteiger charge is 2.36. The number of aromatic nitrogens is 2. The molecule has 0 saturated heterocycles. The lowest BCUT2D eigenvalue weighted by molar-refractivity contribution is 0.203. The summed E-state index contributed by atoms with van der Waals surface area (Å²) in [7, 11) is 3.17. The van der Waals surface area contributed by atoms with Crippen LogP contribution in [-0.2, 0) is 6.54 Å². The van der Waals surface area contributed by atoms with E-state index in [0.29, 0.717) is 35.3 Å². The summed E-state index contributed by atoms with van der Waals surface area (Å²) in [5, 5.41) is 7.38. The number of ether oxygens (including phenoxy) is 2. The first kappa shape index (κ1) is 24.1. The van der Waals surface area contributed by atoms with Gasteiger partial charge in [0.1, 0.15) is 0 Å². The zero-order valence-electron chi connectivity index (χ0n) is 21.2. The second-order valence-electron chi connectivity index (χ2n) is 8.86. The Bertz CT molecular complexity index is 1440. The molecule has 5 rings (SSSR count). The molecule has 8 nitrogen and oxygen atoms in total. The second-order valence-corrected chi connectivity index (χ2v) is 8.86. The minimum atomic E-state index is -0.536. The molecule has 188 valence electrons. The number of nitrogens with zero attached hydrogens (tertiary/aromatic N) is 3. The summed E-state index contributed by atoms with van der Waals surface area (Å²) < 4.78 is 16.7. The van der Waals surface area contributed by atoms with Crippen molar-refractivity contribution in [3.05, 3.63) is 101 Å². The summed E-state index contributed by atoms with van der Waals surface area (Å²) in [5.74, 6) is 1.98. The van der Waals surface area contributed by atoms with Gasteiger partial charge in [-0.05, 0) is 37.1 Å². The molecule has 4 aromatic rings. The second kappa shape index (κ2) is 10.2. The molecule has 3 aromatic carbocycles.